The maximum absolute atomic E-state index is 13.1. The van der Waals surface area contributed by atoms with Crippen LogP contribution >= 0.6 is 0 Å². The predicted octanol–water partition coefficient (Wildman–Crippen LogP) is 5.96. The summed E-state index contributed by atoms with van der Waals surface area (Å²) < 4.78 is 32.1. The molecule has 0 unspecified atom stereocenters. The average molecular weight is 644 g/mol. The normalized spacial score (nSPS) is 19.8. The first kappa shape index (κ1) is 32.0. The fourth-order valence-electron chi connectivity index (χ4n) is 6.54. The van der Waals surface area contributed by atoms with E-state index < -0.39 is 15.1 Å². The summed E-state index contributed by atoms with van der Waals surface area (Å²) in [4.78, 5) is 14.9. The highest BCUT2D eigenvalue weighted by molar-refractivity contribution is 7.92. The van der Waals surface area contributed by atoms with Crippen LogP contribution in [0.25, 0.3) is 10.9 Å². The molecule has 2 aliphatic heterocycles. The number of para-hydroxylation sites is 2. The van der Waals surface area contributed by atoms with Crippen molar-refractivity contribution in [2.24, 2.45) is 0 Å². The topological polar surface area (TPSA) is 112 Å². The van der Waals surface area contributed by atoms with Crippen LogP contribution in [0, 0.1) is 0 Å². The van der Waals surface area contributed by atoms with Crippen LogP contribution in [-0.4, -0.2) is 79.9 Å². The van der Waals surface area contributed by atoms with Crippen molar-refractivity contribution in [2.75, 3.05) is 48.8 Å². The van der Waals surface area contributed by atoms with Crippen LogP contribution < -0.4 is 25.6 Å². The standard InChI is InChI=1S/C35H45N7O3S/c1-23(2)46(43,44)33-13-9-8-12-31(33)37-34-28-10-6-7-11-29(28)38-35(40-34)39-30-15-14-27(20-32(30)45-5)41-18-16-26(17-19-41)42-22-24(3)36-21-25(42)4/h6-15,20,23-26,36H,16-19,21-22H2,1-5H3,(H2,37,38,39,40)/t24-,25+/m0/s1. The molecular weight excluding hydrogens is 598 g/mol. The molecule has 3 heterocycles. The summed E-state index contributed by atoms with van der Waals surface area (Å²) in [5, 5.41) is 10.5. The molecule has 3 aromatic carbocycles. The molecule has 10 nitrogen and oxygen atoms in total. The van der Waals surface area contributed by atoms with Gasteiger partial charge in [0.1, 0.15) is 11.6 Å². The van der Waals surface area contributed by atoms with Gasteiger partial charge in [-0.2, -0.15) is 4.98 Å². The number of rotatable bonds is 9. The lowest BCUT2D eigenvalue weighted by Gasteiger charge is -2.46. The van der Waals surface area contributed by atoms with Gasteiger partial charge in [0.2, 0.25) is 5.95 Å². The van der Waals surface area contributed by atoms with E-state index in [-0.39, 0.29) is 4.90 Å². The molecular formula is C35H45N7O3S. The van der Waals surface area contributed by atoms with Crippen molar-refractivity contribution in [3.8, 4) is 5.75 Å². The van der Waals surface area contributed by atoms with Crippen molar-refractivity contribution in [3.05, 3.63) is 66.7 Å². The fraction of sp³-hybridized carbons (Fsp3) is 0.429. The van der Waals surface area contributed by atoms with Crippen LogP contribution in [0.3, 0.4) is 0 Å². The van der Waals surface area contributed by atoms with Crippen molar-refractivity contribution < 1.29 is 13.2 Å². The predicted molar refractivity (Wildman–Crippen MR) is 187 cm³/mol. The summed E-state index contributed by atoms with van der Waals surface area (Å²) in [6, 6.07) is 22.5. The summed E-state index contributed by atoms with van der Waals surface area (Å²) in [5.74, 6) is 1.58. The molecule has 1 aromatic heterocycles. The van der Waals surface area contributed by atoms with Gasteiger partial charge in [-0.05, 0) is 76.9 Å². The number of nitrogens with one attached hydrogen (secondary N) is 3. The van der Waals surface area contributed by atoms with Gasteiger partial charge in [-0.15, -0.1) is 0 Å². The van der Waals surface area contributed by atoms with Gasteiger partial charge in [0.25, 0.3) is 0 Å². The van der Waals surface area contributed by atoms with Crippen molar-refractivity contribution in [2.45, 2.75) is 68.8 Å². The zero-order valence-electron chi connectivity index (χ0n) is 27.3. The molecule has 2 aliphatic rings. The lowest BCUT2D eigenvalue weighted by Crippen LogP contribution is -2.59. The summed E-state index contributed by atoms with van der Waals surface area (Å²) in [6.07, 6.45) is 2.28. The Morgan fingerprint density at radius 1 is 0.935 bits per heavy atom. The summed E-state index contributed by atoms with van der Waals surface area (Å²) in [5.41, 5.74) is 3.07. The fourth-order valence-corrected chi connectivity index (χ4v) is 7.74. The zero-order valence-corrected chi connectivity index (χ0v) is 28.1. The van der Waals surface area contributed by atoms with E-state index in [4.69, 9.17) is 14.7 Å². The number of nitrogens with zero attached hydrogens (tertiary/aromatic N) is 4. The Balaban J connectivity index is 1.23. The average Bonchev–Trinajstić information content (AvgIpc) is 3.06. The molecule has 2 atom stereocenters. The summed E-state index contributed by atoms with van der Waals surface area (Å²) in [6.45, 7) is 12.1. The lowest BCUT2D eigenvalue weighted by molar-refractivity contribution is 0.0809. The molecule has 46 heavy (non-hydrogen) atoms. The lowest BCUT2D eigenvalue weighted by atomic mass is 9.98. The molecule has 0 radical (unpaired) electrons. The number of piperazine rings is 1. The van der Waals surface area contributed by atoms with Gasteiger partial charge in [-0.1, -0.05) is 24.3 Å². The molecule has 4 aromatic rings. The minimum absolute atomic E-state index is 0.237. The maximum atomic E-state index is 13.1. The van der Waals surface area contributed by atoms with Gasteiger partial charge < -0.3 is 25.6 Å². The second kappa shape index (κ2) is 13.4. The van der Waals surface area contributed by atoms with E-state index in [0.29, 0.717) is 41.3 Å². The van der Waals surface area contributed by atoms with E-state index in [1.165, 1.54) is 0 Å². The summed E-state index contributed by atoms with van der Waals surface area (Å²) in [7, 11) is -1.85. The van der Waals surface area contributed by atoms with Crippen molar-refractivity contribution >= 4 is 49.6 Å². The van der Waals surface area contributed by atoms with Crippen LogP contribution in [0.4, 0.5) is 28.8 Å². The summed E-state index contributed by atoms with van der Waals surface area (Å²) >= 11 is 0. The van der Waals surface area contributed by atoms with Gasteiger partial charge >= 0.3 is 0 Å². The maximum Gasteiger partial charge on any atom is 0.229 e. The van der Waals surface area contributed by atoms with E-state index in [0.717, 1.165) is 61.3 Å². The number of aromatic nitrogens is 2. The molecule has 3 N–H and O–H groups in total. The Bertz CT molecular complexity index is 1790. The highest BCUT2D eigenvalue weighted by Gasteiger charge is 2.31. The molecule has 0 amide bonds. The highest BCUT2D eigenvalue weighted by atomic mass is 32.2. The van der Waals surface area contributed by atoms with E-state index in [9.17, 15) is 8.42 Å². The molecule has 2 saturated heterocycles. The first-order valence-corrected chi connectivity index (χ1v) is 17.7. The first-order valence-electron chi connectivity index (χ1n) is 16.2. The van der Waals surface area contributed by atoms with Gasteiger partial charge in [-0.25, -0.2) is 13.4 Å². The molecule has 0 saturated carbocycles. The number of piperidine rings is 1. The van der Waals surface area contributed by atoms with Crippen LogP contribution in [0.2, 0.25) is 0 Å². The van der Waals surface area contributed by atoms with E-state index in [1.54, 1.807) is 39.2 Å². The number of hydrogen-bond acceptors (Lipinski definition) is 10. The van der Waals surface area contributed by atoms with Gasteiger partial charge in [-0.3, -0.25) is 4.90 Å². The molecule has 0 bridgehead atoms. The van der Waals surface area contributed by atoms with Crippen LogP contribution in [-0.2, 0) is 9.84 Å². The Morgan fingerprint density at radius 3 is 2.43 bits per heavy atom. The van der Waals surface area contributed by atoms with Gasteiger partial charge in [0, 0.05) is 61.4 Å². The molecule has 0 spiro atoms. The third-order valence-corrected chi connectivity index (χ3v) is 11.4. The minimum atomic E-state index is -3.52. The monoisotopic (exact) mass is 643 g/mol. The molecule has 11 heteroatoms. The third kappa shape index (κ3) is 6.63. The molecule has 0 aliphatic carbocycles. The van der Waals surface area contributed by atoms with Crippen LogP contribution in [0.5, 0.6) is 5.75 Å². The Kier molecular flexibility index (Phi) is 9.35. The smallest absolute Gasteiger partial charge is 0.229 e. The largest absolute Gasteiger partial charge is 0.494 e. The molecule has 244 valence electrons. The van der Waals surface area contributed by atoms with Crippen molar-refractivity contribution in [1.29, 1.82) is 0 Å². The second-order valence-corrected chi connectivity index (χ2v) is 15.2. The number of benzene rings is 3. The second-order valence-electron chi connectivity index (χ2n) is 12.7. The Hall–Kier alpha value is -3.93. The van der Waals surface area contributed by atoms with Crippen molar-refractivity contribution in [3.63, 3.8) is 0 Å². The van der Waals surface area contributed by atoms with Crippen LogP contribution in [0.1, 0.15) is 40.5 Å². The number of hydrogen-bond donors (Lipinski definition) is 3. The number of ether oxygens (including phenoxy) is 1. The number of sulfone groups is 1. The third-order valence-electron chi connectivity index (χ3n) is 9.21. The molecule has 2 fully saturated rings. The van der Waals surface area contributed by atoms with E-state index in [2.05, 4.69) is 51.7 Å². The first-order chi connectivity index (χ1) is 22.1. The minimum Gasteiger partial charge on any atom is -0.494 e. The van der Waals surface area contributed by atoms with Gasteiger partial charge in [0.15, 0.2) is 9.84 Å². The number of methoxy groups -OCH3 is 1. The Labute approximate surface area is 272 Å². The number of fused-ring (bicyclic) bond motifs is 1. The molecule has 6 rings (SSSR count). The SMILES string of the molecule is COc1cc(N2CCC(N3C[C@H](C)NC[C@H]3C)CC2)ccc1Nc1nc(Nc2ccccc2S(=O)(=O)C(C)C)c2ccccc2n1. The van der Waals surface area contributed by atoms with Crippen molar-refractivity contribution in [1.82, 2.24) is 20.2 Å². The number of anilines is 5. The van der Waals surface area contributed by atoms with E-state index >= 15 is 0 Å². The Morgan fingerprint density at radius 2 is 1.67 bits per heavy atom. The van der Waals surface area contributed by atoms with E-state index in [1.807, 2.05) is 36.4 Å². The quantitative estimate of drug-likeness (QED) is 0.202. The zero-order chi connectivity index (χ0) is 32.4. The highest BCUT2D eigenvalue weighted by Crippen LogP contribution is 2.35. The van der Waals surface area contributed by atoms with Gasteiger partial charge in [0.05, 0.1) is 34.1 Å². The van der Waals surface area contributed by atoms with Crippen LogP contribution in [0.15, 0.2) is 71.6 Å².